The van der Waals surface area contributed by atoms with E-state index in [1.54, 1.807) is 0 Å². The van der Waals surface area contributed by atoms with Crippen molar-refractivity contribution >= 4 is 18.0 Å². The number of rotatable bonds is 10. The quantitative estimate of drug-likeness (QED) is 0.127. The summed E-state index contributed by atoms with van der Waals surface area (Å²) in [5, 5.41) is 2.85. The van der Waals surface area contributed by atoms with E-state index >= 15 is 0 Å². The zero-order chi connectivity index (χ0) is 50.3. The molecule has 0 aromatic heterocycles. The fourth-order valence-corrected chi connectivity index (χ4v) is 16.7. The van der Waals surface area contributed by atoms with Crippen molar-refractivity contribution in [2.24, 2.45) is 71.0 Å². The molecule has 0 radical (unpaired) electrons. The molecule has 6 bridgehead atoms. The third kappa shape index (κ3) is 7.95. The summed E-state index contributed by atoms with van der Waals surface area (Å²) in [5.74, 6) is -2.83. The minimum absolute atomic E-state index is 0.0295. The lowest BCUT2D eigenvalue weighted by Crippen LogP contribution is -2.70. The van der Waals surface area contributed by atoms with Crippen LogP contribution in [0.15, 0.2) is 0 Å². The Balaban J connectivity index is 0.732. The van der Waals surface area contributed by atoms with Gasteiger partial charge in [0.2, 0.25) is 23.7 Å². The van der Waals surface area contributed by atoms with Crippen LogP contribution in [0.2, 0.25) is 0 Å². The molecule has 12 aliphatic heterocycles. The second-order valence-corrected chi connectivity index (χ2v) is 25.2. The average molecular weight is 1020 g/mol. The maximum absolute atomic E-state index is 14.1. The van der Waals surface area contributed by atoms with E-state index in [0.717, 1.165) is 57.8 Å². The number of hydrogen-bond donors (Lipinski definition) is 1. The van der Waals surface area contributed by atoms with E-state index in [0.29, 0.717) is 37.0 Å². The standard InChI is InChI=1S/C53H79NO18/c1-26-10-13-36-29(4)39(60-44-51(36)33(26)16-19-48(7,64-44)67-70-51)22-41(55)58-24-32(54-47(57)63-43-31(6)38-15-12-28(3)35-18-21-50(9)66-46(62-43)53(35,38)72-69-50)25-59-42(56)23-40-30(5)37-14-11-27(2)34-17-20-49(8)65-45(61-40)52(34,37)71-68-49/h26-40,43-46H,10-25H2,1-9H3,(H,54,57)/t26-,27-,28-,29-,30-,31-,32?,33+,34+,35+,36+,37+,38+,39?,40?,43?,44-,45-,46-,48+,49+,50+,51-,52-,53-/m1/s1. The van der Waals surface area contributed by atoms with Gasteiger partial charge in [-0.05, 0) is 126 Å². The Morgan fingerprint density at radius 3 is 1.26 bits per heavy atom. The van der Waals surface area contributed by atoms with Gasteiger partial charge in [0, 0.05) is 42.9 Å². The van der Waals surface area contributed by atoms with Crippen LogP contribution in [-0.4, -0.2) is 109 Å². The van der Waals surface area contributed by atoms with E-state index in [1.807, 2.05) is 27.7 Å². The molecule has 72 heavy (non-hydrogen) atoms. The number of carbonyl (C=O) groups excluding carboxylic acids is 3. The Morgan fingerprint density at radius 2 is 0.861 bits per heavy atom. The van der Waals surface area contributed by atoms with Crippen LogP contribution in [-0.2, 0) is 81.5 Å². The van der Waals surface area contributed by atoms with E-state index in [9.17, 15) is 14.4 Å². The lowest BCUT2D eigenvalue weighted by atomic mass is 9.57. The second kappa shape index (κ2) is 18.2. The molecule has 0 aromatic carbocycles. The number of amides is 1. The van der Waals surface area contributed by atoms with Crippen LogP contribution in [0.4, 0.5) is 4.79 Å². The molecule has 12 heterocycles. The number of fused-ring (bicyclic) bond motifs is 6. The largest absolute Gasteiger partial charge is 0.463 e. The number of alkyl carbamates (subject to hydrolysis) is 1. The molecule has 15 rings (SSSR count). The van der Waals surface area contributed by atoms with Crippen molar-refractivity contribution in [3.05, 3.63) is 0 Å². The van der Waals surface area contributed by atoms with E-state index in [4.69, 9.17) is 72.0 Å². The second-order valence-electron chi connectivity index (χ2n) is 25.2. The Kier molecular flexibility index (Phi) is 12.8. The molecule has 15 aliphatic rings. The molecule has 12 saturated heterocycles. The van der Waals surface area contributed by atoms with E-state index < -0.39 is 95.6 Å². The van der Waals surface area contributed by atoms with Gasteiger partial charge in [0.05, 0.1) is 25.0 Å². The molecule has 1 N–H and O–H groups in total. The molecular formula is C53H79NO18. The Bertz CT molecular complexity index is 2010. The summed E-state index contributed by atoms with van der Waals surface area (Å²) in [6.45, 7) is 17.9. The van der Waals surface area contributed by atoms with Gasteiger partial charge in [-0.2, -0.15) is 0 Å². The van der Waals surface area contributed by atoms with Gasteiger partial charge in [0.1, 0.15) is 19.3 Å². The van der Waals surface area contributed by atoms with E-state index in [2.05, 4.69) is 39.9 Å². The van der Waals surface area contributed by atoms with Crippen LogP contribution in [0.25, 0.3) is 0 Å². The van der Waals surface area contributed by atoms with Crippen LogP contribution in [0, 0.1) is 71.0 Å². The maximum atomic E-state index is 14.1. The molecule has 3 aliphatic carbocycles. The maximum Gasteiger partial charge on any atom is 0.409 e. The predicted octanol–water partition coefficient (Wildman–Crippen LogP) is 7.66. The summed E-state index contributed by atoms with van der Waals surface area (Å²) in [5.41, 5.74) is -2.39. The van der Waals surface area contributed by atoms with Crippen molar-refractivity contribution in [3.8, 4) is 0 Å². The molecule has 3 spiro atoms. The molecule has 24 atom stereocenters. The molecule has 0 aromatic rings. The van der Waals surface area contributed by atoms with Gasteiger partial charge in [-0.25, -0.2) is 34.1 Å². The van der Waals surface area contributed by atoms with Crippen LogP contribution < -0.4 is 5.32 Å². The number of carbonyl (C=O) groups is 3. The smallest absolute Gasteiger partial charge is 0.409 e. The van der Waals surface area contributed by atoms with Crippen molar-refractivity contribution < 1.29 is 86.3 Å². The first kappa shape index (κ1) is 50.5. The molecular weight excluding hydrogens is 939 g/mol. The average Bonchev–Trinajstić information content (AvgIpc) is 3.82. The van der Waals surface area contributed by atoms with Gasteiger partial charge in [-0.15, -0.1) is 0 Å². The Morgan fingerprint density at radius 1 is 0.486 bits per heavy atom. The molecule has 3 unspecified atom stereocenters. The topological polar surface area (TPSA) is 202 Å². The third-order valence-corrected chi connectivity index (χ3v) is 20.9. The van der Waals surface area contributed by atoms with E-state index in [-0.39, 0.29) is 79.3 Å². The van der Waals surface area contributed by atoms with Crippen LogP contribution in [0.3, 0.4) is 0 Å². The van der Waals surface area contributed by atoms with E-state index in [1.165, 1.54) is 0 Å². The fourth-order valence-electron chi connectivity index (χ4n) is 16.7. The summed E-state index contributed by atoms with van der Waals surface area (Å²) >= 11 is 0. The molecule has 19 nitrogen and oxygen atoms in total. The molecule has 404 valence electrons. The van der Waals surface area contributed by atoms with Gasteiger partial charge >= 0.3 is 18.0 Å². The number of hydrogen-bond acceptors (Lipinski definition) is 18. The highest BCUT2D eigenvalue weighted by atomic mass is 17.3. The van der Waals surface area contributed by atoms with Crippen molar-refractivity contribution in [1.29, 1.82) is 0 Å². The summed E-state index contributed by atoms with van der Waals surface area (Å²) in [7, 11) is 0. The first-order valence-electron chi connectivity index (χ1n) is 27.7. The predicted molar refractivity (Wildman–Crippen MR) is 245 cm³/mol. The zero-order valence-electron chi connectivity index (χ0n) is 43.6. The van der Waals surface area contributed by atoms with Gasteiger partial charge in [-0.3, -0.25) is 9.59 Å². The van der Waals surface area contributed by atoms with Gasteiger partial charge in [0.25, 0.3) is 0 Å². The highest BCUT2D eigenvalue weighted by molar-refractivity contribution is 5.71. The van der Waals surface area contributed by atoms with Crippen molar-refractivity contribution in [2.75, 3.05) is 13.2 Å². The normalized spacial score (nSPS) is 54.1. The number of esters is 2. The summed E-state index contributed by atoms with van der Waals surface area (Å²) in [6, 6.07) is -1.00. The van der Waals surface area contributed by atoms with Crippen molar-refractivity contribution in [1.82, 2.24) is 5.32 Å². The lowest BCUT2D eigenvalue weighted by Gasteiger charge is -2.60. The van der Waals surface area contributed by atoms with Crippen LogP contribution in [0.1, 0.15) is 152 Å². The van der Waals surface area contributed by atoms with Crippen molar-refractivity contribution in [2.45, 2.75) is 230 Å². The van der Waals surface area contributed by atoms with Gasteiger partial charge in [0.15, 0.2) is 35.7 Å². The summed E-state index contributed by atoms with van der Waals surface area (Å²) in [4.78, 5) is 78.9. The fraction of sp³-hybridized carbons (Fsp3) is 0.943. The minimum Gasteiger partial charge on any atom is -0.463 e. The number of ether oxygens (including phenoxy) is 9. The summed E-state index contributed by atoms with van der Waals surface area (Å²) in [6.07, 6.45) is 4.96. The summed E-state index contributed by atoms with van der Waals surface area (Å²) < 4.78 is 57.5. The Labute approximate surface area is 422 Å². The monoisotopic (exact) mass is 1020 g/mol. The third-order valence-electron chi connectivity index (χ3n) is 20.9. The van der Waals surface area contributed by atoms with Crippen LogP contribution in [0.5, 0.6) is 0 Å². The number of nitrogens with one attached hydrogen (secondary N) is 1. The zero-order valence-corrected chi connectivity index (χ0v) is 43.6. The van der Waals surface area contributed by atoms with Gasteiger partial charge in [-0.1, -0.05) is 41.5 Å². The first-order chi connectivity index (χ1) is 34.3. The Hall–Kier alpha value is -2.27. The minimum atomic E-state index is -1.01. The SMILES string of the molecule is C[C@@H]1CC[C@H]2[C@@H](C)C(CC(=O)OCC(COC(=O)CC3O[C@@H]4O[C@]5(C)CC[C@H]6[C@H](C)CC[C@@H]([C@H]3C)[C@@]46OO5)NC(=O)OC3O[C@@H]4O[C@]5(C)CC[C@H]6[C@H](C)CC[C@@H]([C@H]3C)[C@@]46OO5)O[C@@H]3O[C@]4(C)CC[C@@H]1[C@]32OO4. The lowest BCUT2D eigenvalue weighted by molar-refractivity contribution is -0.576. The van der Waals surface area contributed by atoms with Gasteiger partial charge < -0.3 is 47.9 Å². The van der Waals surface area contributed by atoms with Crippen LogP contribution >= 0.6 is 0 Å². The molecule has 3 saturated carbocycles. The molecule has 19 heteroatoms. The molecule has 15 fully saturated rings. The highest BCUT2D eigenvalue weighted by Gasteiger charge is 2.73. The highest BCUT2D eigenvalue weighted by Crippen LogP contribution is 2.64. The van der Waals surface area contributed by atoms with Crippen molar-refractivity contribution in [3.63, 3.8) is 0 Å². The first-order valence-corrected chi connectivity index (χ1v) is 27.7. The molecule has 1 amide bonds.